The number of sulfonamides is 1. The Kier molecular flexibility index (Phi) is 6.61. The molecule has 0 aromatic heterocycles. The molecule has 0 spiro atoms. The van der Waals surface area contributed by atoms with E-state index in [4.69, 9.17) is 0 Å². The van der Waals surface area contributed by atoms with Crippen molar-refractivity contribution in [3.8, 4) is 0 Å². The molecule has 4 aromatic rings. The average molecular weight is 455 g/mol. The summed E-state index contributed by atoms with van der Waals surface area (Å²) in [6.45, 7) is 0. The Labute approximate surface area is 196 Å². The minimum Gasteiger partial charge on any atom is -0.378 e. The summed E-state index contributed by atoms with van der Waals surface area (Å²) in [6, 6.07) is 33.5. The summed E-state index contributed by atoms with van der Waals surface area (Å²) < 4.78 is 28.6. The molecule has 4 rings (SSSR count). The molecule has 0 N–H and O–H groups in total. The Bertz CT molecular complexity index is 1280. The van der Waals surface area contributed by atoms with Crippen molar-refractivity contribution in [1.82, 2.24) is 0 Å². The summed E-state index contributed by atoms with van der Waals surface area (Å²) in [4.78, 5) is 2.29. The van der Waals surface area contributed by atoms with Gasteiger partial charge in [0.15, 0.2) is 0 Å². The molecule has 0 bridgehead atoms. The van der Waals surface area contributed by atoms with E-state index in [1.165, 1.54) is 4.31 Å². The maximum absolute atomic E-state index is 13.6. The van der Waals surface area contributed by atoms with Gasteiger partial charge in [-0.3, -0.25) is 0 Å². The second-order valence-corrected chi connectivity index (χ2v) is 9.62. The molecule has 0 aliphatic heterocycles. The maximum Gasteiger partial charge on any atom is 0.268 e. The molecular weight excluding hydrogens is 428 g/mol. The molecule has 0 unspecified atom stereocenters. The normalized spacial score (nSPS) is 11.5. The van der Waals surface area contributed by atoms with Crippen LogP contribution in [0.1, 0.15) is 11.1 Å². The van der Waals surface area contributed by atoms with Gasteiger partial charge in [0.1, 0.15) is 0 Å². The van der Waals surface area contributed by atoms with Gasteiger partial charge < -0.3 is 4.90 Å². The van der Waals surface area contributed by atoms with Gasteiger partial charge in [0.25, 0.3) is 10.0 Å². The molecular formula is C28H26N2O2S. The lowest BCUT2D eigenvalue weighted by atomic mass is 10.1. The fraction of sp³-hybridized carbons (Fsp3) is 0.0714. The molecule has 166 valence electrons. The van der Waals surface area contributed by atoms with Gasteiger partial charge in [-0.05, 0) is 59.7 Å². The quantitative estimate of drug-likeness (QED) is 0.301. The Morgan fingerprint density at radius 1 is 0.545 bits per heavy atom. The highest BCUT2D eigenvalue weighted by molar-refractivity contribution is 7.93. The van der Waals surface area contributed by atoms with Crippen molar-refractivity contribution in [3.05, 3.63) is 120 Å². The largest absolute Gasteiger partial charge is 0.378 e. The van der Waals surface area contributed by atoms with Crippen molar-refractivity contribution >= 4 is 39.2 Å². The van der Waals surface area contributed by atoms with Crippen LogP contribution in [0.4, 0.5) is 17.1 Å². The molecule has 4 nitrogen and oxygen atoms in total. The predicted octanol–water partition coefficient (Wildman–Crippen LogP) is 6.45. The molecule has 0 aliphatic carbocycles. The molecule has 5 heteroatoms. The second-order valence-electron chi connectivity index (χ2n) is 7.83. The molecule has 0 saturated carbocycles. The van der Waals surface area contributed by atoms with Crippen LogP contribution in [0.2, 0.25) is 0 Å². The van der Waals surface area contributed by atoms with E-state index in [-0.39, 0.29) is 4.90 Å². The summed E-state index contributed by atoms with van der Waals surface area (Å²) in [5.74, 6) is 0. The Morgan fingerprint density at radius 3 is 1.39 bits per heavy atom. The van der Waals surface area contributed by atoms with E-state index in [9.17, 15) is 8.42 Å². The number of anilines is 3. The van der Waals surface area contributed by atoms with Gasteiger partial charge in [-0.25, -0.2) is 12.7 Å². The Morgan fingerprint density at radius 2 is 0.970 bits per heavy atom. The molecule has 0 heterocycles. The molecule has 0 saturated heterocycles. The van der Waals surface area contributed by atoms with E-state index in [2.05, 4.69) is 29.2 Å². The van der Waals surface area contributed by atoms with E-state index >= 15 is 0 Å². The van der Waals surface area contributed by atoms with Crippen molar-refractivity contribution in [2.24, 2.45) is 0 Å². The first kappa shape index (κ1) is 22.4. The van der Waals surface area contributed by atoms with Gasteiger partial charge in [0, 0.05) is 19.8 Å². The molecule has 0 radical (unpaired) electrons. The molecule has 0 amide bonds. The van der Waals surface area contributed by atoms with Gasteiger partial charge >= 0.3 is 0 Å². The van der Waals surface area contributed by atoms with Crippen molar-refractivity contribution in [3.63, 3.8) is 0 Å². The molecule has 33 heavy (non-hydrogen) atoms. The average Bonchev–Trinajstić information content (AvgIpc) is 2.84. The summed E-state index contributed by atoms with van der Waals surface area (Å²) in [5, 5.41) is 0. The topological polar surface area (TPSA) is 40.6 Å². The zero-order valence-electron chi connectivity index (χ0n) is 18.7. The van der Waals surface area contributed by atoms with Crippen molar-refractivity contribution in [2.75, 3.05) is 23.3 Å². The standard InChI is InChI=1S/C28H26N2O2S/c1-29(2)25-19-15-23(16-20-25)13-14-24-17-21-28(22-18-24)33(31,32)30(26-9-5-3-6-10-26)27-11-7-4-8-12-27/h3-22H,1-2H3/b14-13+. The molecule has 0 fully saturated rings. The van der Waals surface area contributed by atoms with Crippen molar-refractivity contribution < 1.29 is 8.42 Å². The Balaban J connectivity index is 1.61. The first-order chi connectivity index (χ1) is 15.9. The highest BCUT2D eigenvalue weighted by Crippen LogP contribution is 2.32. The molecule has 0 atom stereocenters. The lowest BCUT2D eigenvalue weighted by molar-refractivity contribution is 0.596. The monoisotopic (exact) mass is 454 g/mol. The number of hydrogen-bond acceptors (Lipinski definition) is 3. The van der Waals surface area contributed by atoms with Crippen LogP contribution in [-0.4, -0.2) is 22.5 Å². The summed E-state index contributed by atoms with van der Waals surface area (Å²) >= 11 is 0. The zero-order chi connectivity index (χ0) is 23.3. The van der Waals surface area contributed by atoms with Gasteiger partial charge in [-0.1, -0.05) is 72.8 Å². The van der Waals surface area contributed by atoms with Gasteiger partial charge in [-0.15, -0.1) is 0 Å². The van der Waals surface area contributed by atoms with Gasteiger partial charge in [0.2, 0.25) is 0 Å². The number of benzene rings is 4. The van der Waals surface area contributed by atoms with E-state index in [1.54, 1.807) is 36.4 Å². The first-order valence-corrected chi connectivity index (χ1v) is 12.1. The smallest absolute Gasteiger partial charge is 0.268 e. The van der Waals surface area contributed by atoms with E-state index < -0.39 is 10.0 Å². The predicted molar refractivity (Wildman–Crippen MR) is 138 cm³/mol. The number of para-hydroxylation sites is 2. The number of rotatable bonds is 7. The highest BCUT2D eigenvalue weighted by Gasteiger charge is 2.26. The Hall–Kier alpha value is -3.83. The minimum absolute atomic E-state index is 0.239. The van der Waals surface area contributed by atoms with Crippen LogP contribution in [0.3, 0.4) is 0 Å². The highest BCUT2D eigenvalue weighted by atomic mass is 32.2. The summed E-state index contributed by atoms with van der Waals surface area (Å²) in [6.07, 6.45) is 4.00. The van der Waals surface area contributed by atoms with Crippen LogP contribution >= 0.6 is 0 Å². The third kappa shape index (κ3) is 5.16. The van der Waals surface area contributed by atoms with Crippen LogP contribution in [0.15, 0.2) is 114 Å². The molecule has 4 aromatic carbocycles. The zero-order valence-corrected chi connectivity index (χ0v) is 19.5. The van der Waals surface area contributed by atoms with Gasteiger partial charge in [-0.2, -0.15) is 0 Å². The van der Waals surface area contributed by atoms with Crippen LogP contribution in [0.25, 0.3) is 12.2 Å². The maximum atomic E-state index is 13.6. The molecule has 0 aliphatic rings. The van der Waals surface area contributed by atoms with Crippen LogP contribution in [0, 0.1) is 0 Å². The number of hydrogen-bond donors (Lipinski definition) is 0. The van der Waals surface area contributed by atoms with Crippen molar-refractivity contribution in [2.45, 2.75) is 4.90 Å². The van der Waals surface area contributed by atoms with E-state index in [0.29, 0.717) is 11.4 Å². The number of nitrogens with zero attached hydrogens (tertiary/aromatic N) is 2. The third-order valence-electron chi connectivity index (χ3n) is 5.28. The van der Waals surface area contributed by atoms with Crippen LogP contribution in [-0.2, 0) is 10.0 Å². The summed E-state index contributed by atoms with van der Waals surface area (Å²) in [5.41, 5.74) is 4.33. The van der Waals surface area contributed by atoms with Crippen LogP contribution < -0.4 is 9.21 Å². The third-order valence-corrected chi connectivity index (χ3v) is 7.05. The van der Waals surface area contributed by atoms with Crippen molar-refractivity contribution in [1.29, 1.82) is 0 Å². The van der Waals surface area contributed by atoms with E-state index in [1.807, 2.05) is 74.8 Å². The van der Waals surface area contributed by atoms with Gasteiger partial charge in [0.05, 0.1) is 16.3 Å². The SMILES string of the molecule is CN(C)c1ccc(/C=C/c2ccc(S(=O)(=O)N(c3ccccc3)c3ccccc3)cc2)cc1. The van der Waals surface area contributed by atoms with Crippen LogP contribution in [0.5, 0.6) is 0 Å². The van der Waals surface area contributed by atoms with E-state index in [0.717, 1.165) is 16.8 Å². The fourth-order valence-electron chi connectivity index (χ4n) is 3.49. The lowest BCUT2D eigenvalue weighted by Gasteiger charge is -2.24. The second kappa shape index (κ2) is 9.76. The minimum atomic E-state index is -3.80. The lowest BCUT2D eigenvalue weighted by Crippen LogP contribution is -2.26. The fourth-order valence-corrected chi connectivity index (χ4v) is 4.98. The first-order valence-electron chi connectivity index (χ1n) is 10.7. The summed E-state index contributed by atoms with van der Waals surface area (Å²) in [7, 11) is 0.223.